The van der Waals surface area contributed by atoms with Gasteiger partial charge in [-0.1, -0.05) is 13.0 Å². The molecule has 2 aliphatic rings. The number of nitrogens with one attached hydrogen (secondary N) is 2. The minimum absolute atomic E-state index is 0.169. The summed E-state index contributed by atoms with van der Waals surface area (Å²) >= 11 is 2.02. The van der Waals surface area contributed by atoms with Gasteiger partial charge in [0.25, 0.3) is 0 Å². The molecule has 1 aromatic rings. The summed E-state index contributed by atoms with van der Waals surface area (Å²) < 4.78 is 0. The highest BCUT2D eigenvalue weighted by atomic mass is 32.2. The Morgan fingerprint density at radius 1 is 1.32 bits per heavy atom. The van der Waals surface area contributed by atoms with Crippen molar-refractivity contribution < 1.29 is 4.79 Å². The summed E-state index contributed by atoms with van der Waals surface area (Å²) in [5.41, 5.74) is 2.01. The van der Waals surface area contributed by atoms with Gasteiger partial charge < -0.3 is 10.6 Å². The zero-order chi connectivity index (χ0) is 13.2. The zero-order valence-corrected chi connectivity index (χ0v) is 12.0. The standard InChI is InChI=1S/C15H20N2OS/c1-10-7-14(9-19-10)16-12-3-2-4-13(8-12)17-15(18)11-5-6-11/h2-4,8,10-11,14,16H,5-7,9H2,1H3,(H,17,18). The van der Waals surface area contributed by atoms with E-state index in [4.69, 9.17) is 0 Å². The Labute approximate surface area is 118 Å². The van der Waals surface area contributed by atoms with Gasteiger partial charge in [-0.3, -0.25) is 4.79 Å². The first-order chi connectivity index (χ1) is 9.20. The first-order valence-corrected chi connectivity index (χ1v) is 8.04. The van der Waals surface area contributed by atoms with Gasteiger partial charge in [0, 0.05) is 34.3 Å². The molecule has 102 valence electrons. The Kier molecular flexibility index (Phi) is 3.69. The third-order valence-corrected chi connectivity index (χ3v) is 5.00. The maximum atomic E-state index is 11.7. The van der Waals surface area contributed by atoms with Crippen molar-refractivity contribution in [3.05, 3.63) is 24.3 Å². The molecule has 0 bridgehead atoms. The van der Waals surface area contributed by atoms with Crippen LogP contribution in [0, 0.1) is 5.92 Å². The van der Waals surface area contributed by atoms with E-state index in [1.54, 1.807) is 0 Å². The number of thioether (sulfide) groups is 1. The number of carbonyl (C=O) groups excluding carboxylic acids is 1. The summed E-state index contributed by atoms with van der Waals surface area (Å²) in [6.07, 6.45) is 3.30. The zero-order valence-electron chi connectivity index (χ0n) is 11.2. The van der Waals surface area contributed by atoms with Crippen molar-refractivity contribution in [2.75, 3.05) is 16.4 Å². The van der Waals surface area contributed by atoms with Crippen LogP contribution in [0.25, 0.3) is 0 Å². The highest BCUT2D eigenvalue weighted by Crippen LogP contribution is 2.31. The minimum Gasteiger partial charge on any atom is -0.381 e. The number of rotatable bonds is 4. The molecular weight excluding hydrogens is 256 g/mol. The Balaban J connectivity index is 1.60. The molecule has 1 aromatic carbocycles. The van der Waals surface area contributed by atoms with Crippen LogP contribution in [0.2, 0.25) is 0 Å². The summed E-state index contributed by atoms with van der Waals surface area (Å²) in [6, 6.07) is 8.61. The molecule has 2 fully saturated rings. The molecule has 1 amide bonds. The smallest absolute Gasteiger partial charge is 0.227 e. The van der Waals surface area contributed by atoms with Gasteiger partial charge in [0.05, 0.1) is 0 Å². The number of hydrogen-bond donors (Lipinski definition) is 2. The number of carbonyl (C=O) groups is 1. The molecule has 0 spiro atoms. The molecule has 0 aromatic heterocycles. The molecule has 1 saturated carbocycles. The lowest BCUT2D eigenvalue weighted by Gasteiger charge is -2.14. The Morgan fingerprint density at radius 3 is 2.79 bits per heavy atom. The predicted molar refractivity (Wildman–Crippen MR) is 81.7 cm³/mol. The largest absolute Gasteiger partial charge is 0.381 e. The number of amides is 1. The van der Waals surface area contributed by atoms with E-state index >= 15 is 0 Å². The third kappa shape index (κ3) is 3.44. The van der Waals surface area contributed by atoms with Gasteiger partial charge in [0.1, 0.15) is 0 Å². The molecule has 3 rings (SSSR count). The lowest BCUT2D eigenvalue weighted by atomic mass is 10.2. The van der Waals surface area contributed by atoms with Crippen LogP contribution in [0.3, 0.4) is 0 Å². The van der Waals surface area contributed by atoms with Crippen LogP contribution in [0.15, 0.2) is 24.3 Å². The van der Waals surface area contributed by atoms with E-state index in [0.717, 1.165) is 29.5 Å². The minimum atomic E-state index is 0.169. The first kappa shape index (κ1) is 12.9. The molecule has 4 heteroatoms. The summed E-state index contributed by atoms with van der Waals surface area (Å²) in [5.74, 6) is 1.59. The second kappa shape index (κ2) is 5.45. The van der Waals surface area contributed by atoms with Crippen molar-refractivity contribution in [3.8, 4) is 0 Å². The van der Waals surface area contributed by atoms with E-state index in [9.17, 15) is 4.79 Å². The van der Waals surface area contributed by atoms with Crippen molar-refractivity contribution in [2.45, 2.75) is 37.5 Å². The van der Waals surface area contributed by atoms with Crippen molar-refractivity contribution in [2.24, 2.45) is 5.92 Å². The molecule has 2 N–H and O–H groups in total. The molecule has 1 heterocycles. The van der Waals surface area contributed by atoms with E-state index in [0.29, 0.717) is 6.04 Å². The topological polar surface area (TPSA) is 41.1 Å². The highest BCUT2D eigenvalue weighted by Gasteiger charge is 2.29. The van der Waals surface area contributed by atoms with Crippen LogP contribution in [-0.4, -0.2) is 23.0 Å². The fourth-order valence-electron chi connectivity index (χ4n) is 2.43. The molecule has 19 heavy (non-hydrogen) atoms. The van der Waals surface area contributed by atoms with Crippen molar-refractivity contribution >= 4 is 29.0 Å². The Morgan fingerprint density at radius 2 is 2.11 bits per heavy atom. The van der Waals surface area contributed by atoms with Crippen molar-refractivity contribution in [3.63, 3.8) is 0 Å². The van der Waals surface area contributed by atoms with E-state index < -0.39 is 0 Å². The van der Waals surface area contributed by atoms with Crippen LogP contribution in [0.1, 0.15) is 26.2 Å². The predicted octanol–water partition coefficient (Wildman–Crippen LogP) is 3.34. The lowest BCUT2D eigenvalue weighted by Crippen LogP contribution is -2.19. The van der Waals surface area contributed by atoms with Gasteiger partial charge in [-0.15, -0.1) is 0 Å². The van der Waals surface area contributed by atoms with Gasteiger partial charge in [0.2, 0.25) is 5.91 Å². The fourth-order valence-corrected chi connectivity index (χ4v) is 3.58. The average Bonchev–Trinajstić information content (AvgIpc) is 3.15. The van der Waals surface area contributed by atoms with Crippen molar-refractivity contribution in [1.82, 2.24) is 0 Å². The van der Waals surface area contributed by atoms with Gasteiger partial charge in [-0.25, -0.2) is 0 Å². The van der Waals surface area contributed by atoms with Crippen LogP contribution >= 0.6 is 11.8 Å². The SMILES string of the molecule is CC1CC(Nc2cccc(NC(=O)C3CC3)c2)CS1. The molecule has 0 radical (unpaired) electrons. The van der Waals surface area contributed by atoms with E-state index in [1.165, 1.54) is 12.2 Å². The van der Waals surface area contributed by atoms with Gasteiger partial charge in [0.15, 0.2) is 0 Å². The van der Waals surface area contributed by atoms with Gasteiger partial charge in [-0.2, -0.15) is 11.8 Å². The summed E-state index contributed by atoms with van der Waals surface area (Å²) in [5, 5.41) is 7.30. The van der Waals surface area contributed by atoms with Gasteiger partial charge >= 0.3 is 0 Å². The third-order valence-electron chi connectivity index (χ3n) is 3.65. The molecule has 1 aliphatic heterocycles. The molecular formula is C15H20N2OS. The molecule has 2 atom stereocenters. The molecule has 3 nitrogen and oxygen atoms in total. The van der Waals surface area contributed by atoms with E-state index in [-0.39, 0.29) is 11.8 Å². The highest BCUT2D eigenvalue weighted by molar-refractivity contribution is 8.00. The summed E-state index contributed by atoms with van der Waals surface area (Å²) in [7, 11) is 0. The van der Waals surface area contributed by atoms with Crippen molar-refractivity contribution in [1.29, 1.82) is 0 Å². The number of hydrogen-bond acceptors (Lipinski definition) is 3. The molecule has 1 aliphatic carbocycles. The second-order valence-electron chi connectivity index (χ2n) is 5.57. The monoisotopic (exact) mass is 276 g/mol. The van der Waals surface area contributed by atoms with Crippen LogP contribution < -0.4 is 10.6 Å². The number of benzene rings is 1. The van der Waals surface area contributed by atoms with E-state index in [1.807, 2.05) is 30.0 Å². The quantitative estimate of drug-likeness (QED) is 0.886. The van der Waals surface area contributed by atoms with Gasteiger partial charge in [-0.05, 0) is 37.5 Å². The van der Waals surface area contributed by atoms with Crippen LogP contribution in [0.5, 0.6) is 0 Å². The Hall–Kier alpha value is -1.16. The Bertz CT molecular complexity index is 473. The molecule has 1 saturated heterocycles. The second-order valence-corrected chi connectivity index (χ2v) is 7.04. The molecule has 2 unspecified atom stereocenters. The summed E-state index contributed by atoms with van der Waals surface area (Å²) in [6.45, 7) is 2.28. The van der Waals surface area contributed by atoms with E-state index in [2.05, 4.69) is 23.6 Å². The number of anilines is 2. The average molecular weight is 276 g/mol. The normalized spacial score (nSPS) is 26.2. The van der Waals surface area contributed by atoms with Crippen LogP contribution in [-0.2, 0) is 4.79 Å². The maximum absolute atomic E-state index is 11.7. The fraction of sp³-hybridized carbons (Fsp3) is 0.533. The summed E-state index contributed by atoms with van der Waals surface area (Å²) in [4.78, 5) is 11.7. The van der Waals surface area contributed by atoms with Crippen LogP contribution in [0.4, 0.5) is 11.4 Å². The lowest BCUT2D eigenvalue weighted by molar-refractivity contribution is -0.117. The first-order valence-electron chi connectivity index (χ1n) is 7.00. The maximum Gasteiger partial charge on any atom is 0.227 e.